The molecular weight excluding hydrogens is 444 g/mol. The van der Waals surface area contributed by atoms with E-state index in [-0.39, 0.29) is 11.3 Å². The highest BCUT2D eigenvalue weighted by molar-refractivity contribution is 8.01. The number of thiazole rings is 1. The number of Topliss-reactive ketones (excluding diaryl/α,β-unsaturated/α-hetero) is 1. The standard InChI is InChI=1S/C17H11ClN2O5S3/c1-9-8-26-17(19-9)28-13-3-2-10(20(23)24)6-11(13)16(22)25-7-12(21)14-4-5-15(18)27-14/h2-6,8H,7H2,1H3. The number of ketones is 1. The quantitative estimate of drug-likeness (QED) is 0.207. The highest BCUT2D eigenvalue weighted by Gasteiger charge is 2.21. The number of hydrogen-bond donors (Lipinski definition) is 0. The molecule has 0 amide bonds. The summed E-state index contributed by atoms with van der Waals surface area (Å²) in [6.07, 6.45) is 0. The number of hydrogen-bond acceptors (Lipinski definition) is 9. The molecule has 144 valence electrons. The monoisotopic (exact) mass is 454 g/mol. The van der Waals surface area contributed by atoms with Gasteiger partial charge in [0.2, 0.25) is 5.78 Å². The lowest BCUT2D eigenvalue weighted by molar-refractivity contribution is -0.384. The second-order valence-electron chi connectivity index (χ2n) is 5.40. The Labute approximate surface area is 176 Å². The maximum atomic E-state index is 12.5. The van der Waals surface area contributed by atoms with Crippen LogP contribution in [0, 0.1) is 17.0 Å². The molecule has 0 aliphatic carbocycles. The molecule has 0 N–H and O–H groups in total. The molecule has 0 unspecified atom stereocenters. The van der Waals surface area contributed by atoms with Crippen molar-refractivity contribution >= 4 is 63.5 Å². The molecule has 2 heterocycles. The summed E-state index contributed by atoms with van der Waals surface area (Å²) < 4.78 is 6.23. The van der Waals surface area contributed by atoms with Gasteiger partial charge in [-0.05, 0) is 25.1 Å². The van der Waals surface area contributed by atoms with Gasteiger partial charge in [-0.3, -0.25) is 14.9 Å². The average Bonchev–Trinajstić information content (AvgIpc) is 3.27. The van der Waals surface area contributed by atoms with E-state index in [0.29, 0.717) is 18.4 Å². The van der Waals surface area contributed by atoms with Crippen LogP contribution in [0.1, 0.15) is 25.7 Å². The van der Waals surface area contributed by atoms with Gasteiger partial charge in [-0.1, -0.05) is 23.4 Å². The summed E-state index contributed by atoms with van der Waals surface area (Å²) >= 11 is 9.47. The van der Waals surface area contributed by atoms with Gasteiger partial charge in [0.15, 0.2) is 10.9 Å². The van der Waals surface area contributed by atoms with Crippen LogP contribution in [0.2, 0.25) is 4.34 Å². The van der Waals surface area contributed by atoms with Gasteiger partial charge < -0.3 is 4.74 Å². The van der Waals surface area contributed by atoms with E-state index in [4.69, 9.17) is 16.3 Å². The van der Waals surface area contributed by atoms with E-state index >= 15 is 0 Å². The molecule has 0 spiro atoms. The van der Waals surface area contributed by atoms with E-state index < -0.39 is 23.3 Å². The predicted molar refractivity (Wildman–Crippen MR) is 108 cm³/mol. The zero-order valence-corrected chi connectivity index (χ0v) is 17.4. The van der Waals surface area contributed by atoms with Crippen molar-refractivity contribution in [3.8, 4) is 0 Å². The van der Waals surface area contributed by atoms with E-state index in [9.17, 15) is 19.7 Å². The van der Waals surface area contributed by atoms with Crippen molar-refractivity contribution in [3.05, 3.63) is 66.3 Å². The second-order valence-corrected chi connectivity index (χ2v) is 9.26. The van der Waals surface area contributed by atoms with Crippen molar-refractivity contribution in [2.45, 2.75) is 16.2 Å². The summed E-state index contributed by atoms with van der Waals surface area (Å²) in [6.45, 7) is 1.35. The minimum Gasteiger partial charge on any atom is -0.454 e. The summed E-state index contributed by atoms with van der Waals surface area (Å²) in [7, 11) is 0. The van der Waals surface area contributed by atoms with Gasteiger partial charge in [-0.25, -0.2) is 9.78 Å². The van der Waals surface area contributed by atoms with Crippen LogP contribution in [-0.4, -0.2) is 28.3 Å². The second kappa shape index (κ2) is 8.82. The Kier molecular flexibility index (Phi) is 6.45. The maximum Gasteiger partial charge on any atom is 0.339 e. The van der Waals surface area contributed by atoms with Crippen LogP contribution < -0.4 is 0 Å². The molecular formula is C17H11ClN2O5S3. The van der Waals surface area contributed by atoms with E-state index in [0.717, 1.165) is 23.1 Å². The number of carbonyl (C=O) groups excluding carboxylic acids is 2. The highest BCUT2D eigenvalue weighted by Crippen LogP contribution is 2.34. The van der Waals surface area contributed by atoms with E-state index in [1.165, 1.54) is 35.2 Å². The number of rotatable bonds is 7. The number of ether oxygens (including phenoxy) is 1. The zero-order valence-electron chi connectivity index (χ0n) is 14.2. The molecule has 0 fully saturated rings. The predicted octanol–water partition coefficient (Wildman–Crippen LogP) is 5.27. The van der Waals surface area contributed by atoms with E-state index in [1.54, 1.807) is 12.1 Å². The first-order chi connectivity index (χ1) is 13.3. The van der Waals surface area contributed by atoms with Crippen LogP contribution in [0.3, 0.4) is 0 Å². The Bertz CT molecular complexity index is 1060. The van der Waals surface area contributed by atoms with Crippen molar-refractivity contribution in [3.63, 3.8) is 0 Å². The lowest BCUT2D eigenvalue weighted by atomic mass is 10.2. The number of esters is 1. The van der Waals surface area contributed by atoms with Gasteiger partial charge in [-0.2, -0.15) is 0 Å². The largest absolute Gasteiger partial charge is 0.454 e. The molecule has 0 atom stereocenters. The Morgan fingerprint density at radius 1 is 1.32 bits per heavy atom. The molecule has 11 heteroatoms. The third kappa shape index (κ3) is 4.96. The van der Waals surface area contributed by atoms with Gasteiger partial charge in [-0.15, -0.1) is 22.7 Å². The van der Waals surface area contributed by atoms with Gasteiger partial charge in [0.25, 0.3) is 5.69 Å². The average molecular weight is 455 g/mol. The topological polar surface area (TPSA) is 99.4 Å². The van der Waals surface area contributed by atoms with Crippen LogP contribution in [0.25, 0.3) is 0 Å². The van der Waals surface area contributed by atoms with Crippen molar-refractivity contribution < 1.29 is 19.2 Å². The Morgan fingerprint density at radius 3 is 2.71 bits per heavy atom. The first-order valence-electron chi connectivity index (χ1n) is 7.67. The SMILES string of the molecule is Cc1csc(Sc2ccc([N+](=O)[O-])cc2C(=O)OCC(=O)c2ccc(Cl)s2)n1. The molecule has 0 radical (unpaired) electrons. The third-order valence-electron chi connectivity index (χ3n) is 3.37. The lowest BCUT2D eigenvalue weighted by Crippen LogP contribution is -2.14. The minimum absolute atomic E-state index is 0.00376. The van der Waals surface area contributed by atoms with Crippen molar-refractivity contribution in [2.24, 2.45) is 0 Å². The minimum atomic E-state index is -0.824. The first kappa shape index (κ1) is 20.5. The molecule has 0 aliphatic heterocycles. The Balaban J connectivity index is 1.80. The number of benzene rings is 1. The fourth-order valence-electron chi connectivity index (χ4n) is 2.10. The molecule has 2 aromatic heterocycles. The number of halogens is 1. The molecule has 28 heavy (non-hydrogen) atoms. The number of carbonyl (C=O) groups is 2. The molecule has 1 aromatic carbocycles. The number of aryl methyl sites for hydroxylation is 1. The Morgan fingerprint density at radius 2 is 2.11 bits per heavy atom. The van der Waals surface area contributed by atoms with Crippen molar-refractivity contribution in [1.82, 2.24) is 4.98 Å². The molecule has 0 saturated heterocycles. The number of thiophene rings is 1. The van der Waals surface area contributed by atoms with Crippen molar-refractivity contribution in [2.75, 3.05) is 6.61 Å². The highest BCUT2D eigenvalue weighted by atomic mass is 35.5. The number of nitrogens with zero attached hydrogens (tertiary/aromatic N) is 2. The van der Waals surface area contributed by atoms with Gasteiger partial charge in [0, 0.05) is 28.1 Å². The number of aromatic nitrogens is 1. The fourth-order valence-corrected chi connectivity index (χ4v) is 4.96. The molecule has 0 aliphatic rings. The summed E-state index contributed by atoms with van der Waals surface area (Å²) in [5.74, 6) is -1.23. The Hall–Kier alpha value is -2.27. The molecule has 3 rings (SSSR count). The number of nitro groups is 1. The van der Waals surface area contributed by atoms with Crippen LogP contribution in [0.15, 0.2) is 44.9 Å². The maximum absolute atomic E-state index is 12.5. The molecule has 7 nitrogen and oxygen atoms in total. The summed E-state index contributed by atoms with van der Waals surface area (Å²) in [4.78, 5) is 40.2. The van der Waals surface area contributed by atoms with Gasteiger partial charge >= 0.3 is 5.97 Å². The van der Waals surface area contributed by atoms with Crippen LogP contribution in [0.4, 0.5) is 5.69 Å². The van der Waals surface area contributed by atoms with Crippen LogP contribution in [0.5, 0.6) is 0 Å². The third-order valence-corrected chi connectivity index (χ3v) is 6.78. The van der Waals surface area contributed by atoms with Crippen LogP contribution >= 0.6 is 46.0 Å². The summed E-state index contributed by atoms with van der Waals surface area (Å²) in [5, 5.41) is 12.9. The van der Waals surface area contributed by atoms with Crippen LogP contribution in [-0.2, 0) is 4.74 Å². The van der Waals surface area contributed by atoms with Crippen molar-refractivity contribution in [1.29, 1.82) is 0 Å². The summed E-state index contributed by atoms with van der Waals surface area (Å²) in [5.41, 5.74) is 0.589. The smallest absolute Gasteiger partial charge is 0.339 e. The molecule has 3 aromatic rings. The summed E-state index contributed by atoms with van der Waals surface area (Å²) in [6, 6.07) is 7.03. The lowest BCUT2D eigenvalue weighted by Gasteiger charge is -2.08. The normalized spacial score (nSPS) is 10.6. The fraction of sp³-hybridized carbons (Fsp3) is 0.118. The van der Waals surface area contributed by atoms with Gasteiger partial charge in [0.1, 0.15) is 0 Å². The molecule has 0 saturated carbocycles. The number of nitro benzene ring substituents is 1. The van der Waals surface area contributed by atoms with Gasteiger partial charge in [0.05, 0.1) is 19.7 Å². The first-order valence-corrected chi connectivity index (χ1v) is 10.6. The van der Waals surface area contributed by atoms with E-state index in [1.807, 2.05) is 12.3 Å². The molecule has 0 bridgehead atoms. The number of non-ortho nitro benzene ring substituents is 1. The zero-order chi connectivity index (χ0) is 20.3. The van der Waals surface area contributed by atoms with E-state index in [2.05, 4.69) is 4.98 Å².